The molecule has 0 unspecified atom stereocenters. The van der Waals surface area contributed by atoms with Crippen molar-refractivity contribution in [3.05, 3.63) is 158 Å². The Morgan fingerprint density at radius 3 is 1.51 bits per heavy atom. The summed E-state index contributed by atoms with van der Waals surface area (Å²) in [5.41, 5.74) is 5.66. The fraction of sp³-hybridized carbons (Fsp3) is 0. The molecule has 0 spiro atoms. The van der Waals surface area contributed by atoms with Gasteiger partial charge in [0.05, 0.1) is 5.48 Å². The quantitative estimate of drug-likeness (QED) is 0.199. The van der Waals surface area contributed by atoms with Crippen LogP contribution >= 0.6 is 0 Å². The predicted octanol–water partition coefficient (Wildman–Crippen LogP) is 12.0. The normalized spacial score (nSPS) is 13.0. The average Bonchev–Trinajstić information content (AvgIpc) is 3.46. The molecule has 0 saturated heterocycles. The van der Waals surface area contributed by atoms with Crippen molar-refractivity contribution in [1.29, 1.82) is 0 Å². The smallest absolute Gasteiger partial charge is 0.136 e. The lowest BCUT2D eigenvalue weighted by molar-refractivity contribution is 0.669. The second-order valence-corrected chi connectivity index (χ2v) is 11.0. The lowest BCUT2D eigenvalue weighted by atomic mass is 9.85. The van der Waals surface area contributed by atoms with E-state index in [9.17, 15) is 2.74 Å². The van der Waals surface area contributed by atoms with Crippen LogP contribution in [-0.2, 0) is 0 Å². The SMILES string of the molecule is [2H]c1c([2H])c(-c2c3ccccc3c(-c3ccc4c(c3)oc3cc5ccccc5cc34)c3ccccc23)c([2H])c([2H])c1-c1ccccc1. The van der Waals surface area contributed by atoms with Crippen LogP contribution < -0.4 is 0 Å². The molecule has 0 aliphatic rings. The van der Waals surface area contributed by atoms with Gasteiger partial charge in [-0.1, -0.05) is 133 Å². The van der Waals surface area contributed by atoms with E-state index in [-0.39, 0.29) is 24.2 Å². The van der Waals surface area contributed by atoms with Crippen LogP contribution in [0.25, 0.3) is 87.6 Å². The lowest BCUT2D eigenvalue weighted by Gasteiger charge is -2.18. The molecule has 0 bridgehead atoms. The van der Waals surface area contributed by atoms with Crippen LogP contribution in [0.1, 0.15) is 5.48 Å². The molecule has 9 aromatic rings. The topological polar surface area (TPSA) is 13.1 Å². The first-order valence-corrected chi connectivity index (χ1v) is 14.4. The maximum absolute atomic E-state index is 9.22. The number of furan rings is 1. The summed E-state index contributed by atoms with van der Waals surface area (Å²) in [6.45, 7) is 0. The van der Waals surface area contributed by atoms with Crippen LogP contribution in [0.2, 0.25) is 0 Å². The zero-order chi connectivity index (χ0) is 31.8. The Kier molecular flexibility index (Phi) is 4.45. The van der Waals surface area contributed by atoms with E-state index < -0.39 is 0 Å². The minimum Gasteiger partial charge on any atom is -0.456 e. The highest BCUT2D eigenvalue weighted by Gasteiger charge is 2.18. The molecule has 8 aromatic carbocycles. The molecule has 0 fully saturated rings. The Hall–Kier alpha value is -5.66. The zero-order valence-corrected chi connectivity index (χ0v) is 23.1. The second kappa shape index (κ2) is 9.44. The first-order chi connectivity index (χ1) is 23.0. The summed E-state index contributed by atoms with van der Waals surface area (Å²) in [6, 6.07) is 44.1. The monoisotopic (exact) mass is 550 g/mol. The van der Waals surface area contributed by atoms with Crippen molar-refractivity contribution in [1.82, 2.24) is 0 Å². The van der Waals surface area contributed by atoms with E-state index in [0.29, 0.717) is 22.3 Å². The Balaban J connectivity index is 1.33. The molecule has 0 aliphatic carbocycles. The number of benzene rings is 8. The summed E-state index contributed by atoms with van der Waals surface area (Å²) in [4.78, 5) is 0. The van der Waals surface area contributed by atoms with Crippen LogP contribution in [0.4, 0.5) is 0 Å². The lowest BCUT2D eigenvalue weighted by Crippen LogP contribution is -1.91. The molecule has 1 heteroatoms. The molecule has 1 heterocycles. The maximum Gasteiger partial charge on any atom is 0.136 e. The van der Waals surface area contributed by atoms with E-state index in [2.05, 4.69) is 60.7 Å². The molecular weight excluding hydrogens is 520 g/mol. The zero-order valence-electron chi connectivity index (χ0n) is 27.1. The van der Waals surface area contributed by atoms with Crippen LogP contribution in [-0.4, -0.2) is 0 Å². The van der Waals surface area contributed by atoms with Gasteiger partial charge < -0.3 is 4.42 Å². The van der Waals surface area contributed by atoms with Crippen molar-refractivity contribution in [2.75, 3.05) is 0 Å². The molecule has 0 amide bonds. The molecule has 43 heavy (non-hydrogen) atoms. The number of hydrogen-bond acceptors (Lipinski definition) is 1. The minimum atomic E-state index is -0.0519. The largest absolute Gasteiger partial charge is 0.456 e. The fourth-order valence-corrected chi connectivity index (χ4v) is 6.51. The standard InChI is InChI=1S/C42H26O/c1-2-10-27(11-3-1)28-18-20-29(21-19-28)41-34-14-6-8-16-36(34)42(37-17-9-7-15-35(37)41)32-22-23-33-38-24-30-12-4-5-13-31(30)25-40(38)43-39(33)26-32/h1-26H/i18D,19D,20D,21D. The van der Waals surface area contributed by atoms with Crippen molar-refractivity contribution in [3.63, 3.8) is 0 Å². The summed E-state index contributed by atoms with van der Waals surface area (Å²) in [6.07, 6.45) is 0. The molecule has 0 N–H and O–H groups in total. The van der Waals surface area contributed by atoms with Gasteiger partial charge >= 0.3 is 0 Å². The van der Waals surface area contributed by atoms with Crippen molar-refractivity contribution in [3.8, 4) is 33.4 Å². The van der Waals surface area contributed by atoms with Crippen LogP contribution in [0.5, 0.6) is 0 Å². The van der Waals surface area contributed by atoms with E-state index in [1.54, 1.807) is 0 Å². The van der Waals surface area contributed by atoms with E-state index >= 15 is 0 Å². The Morgan fingerprint density at radius 1 is 0.349 bits per heavy atom. The van der Waals surface area contributed by atoms with Gasteiger partial charge in [-0.3, -0.25) is 0 Å². The van der Waals surface area contributed by atoms with Crippen LogP contribution in [0.15, 0.2) is 162 Å². The van der Waals surface area contributed by atoms with E-state index in [1.807, 2.05) is 72.8 Å². The van der Waals surface area contributed by atoms with Gasteiger partial charge in [0.1, 0.15) is 11.2 Å². The summed E-state index contributed by atoms with van der Waals surface area (Å²) in [5, 5.41) is 8.11. The minimum absolute atomic E-state index is 0.0487. The van der Waals surface area contributed by atoms with Crippen LogP contribution in [0, 0.1) is 0 Å². The van der Waals surface area contributed by atoms with Gasteiger partial charge in [0.15, 0.2) is 0 Å². The van der Waals surface area contributed by atoms with Gasteiger partial charge in [0.2, 0.25) is 0 Å². The van der Waals surface area contributed by atoms with E-state index in [0.717, 1.165) is 60.0 Å². The average molecular weight is 551 g/mol. The number of rotatable bonds is 3. The molecule has 1 nitrogen and oxygen atoms in total. The Labute approximate surface area is 254 Å². The Morgan fingerprint density at radius 2 is 0.860 bits per heavy atom. The molecule has 0 saturated carbocycles. The van der Waals surface area contributed by atoms with Crippen molar-refractivity contribution in [2.45, 2.75) is 0 Å². The molecule has 200 valence electrons. The molecular formula is C42H26O. The number of fused-ring (bicyclic) bond motifs is 6. The van der Waals surface area contributed by atoms with Gasteiger partial charge in [0, 0.05) is 10.8 Å². The van der Waals surface area contributed by atoms with Gasteiger partial charge in [0.25, 0.3) is 0 Å². The number of hydrogen-bond donors (Lipinski definition) is 0. The summed E-state index contributed by atoms with van der Waals surface area (Å²) < 4.78 is 42.9. The molecule has 1 aromatic heterocycles. The predicted molar refractivity (Wildman–Crippen MR) is 183 cm³/mol. The molecule has 0 radical (unpaired) electrons. The summed E-state index contributed by atoms with van der Waals surface area (Å²) in [7, 11) is 0. The molecule has 9 rings (SSSR count). The van der Waals surface area contributed by atoms with E-state index in [4.69, 9.17) is 7.16 Å². The molecule has 0 atom stereocenters. The summed E-state index contributed by atoms with van der Waals surface area (Å²) in [5.74, 6) is 0. The third-order valence-corrected chi connectivity index (χ3v) is 8.50. The highest BCUT2D eigenvalue weighted by Crippen LogP contribution is 2.45. The third kappa shape index (κ3) is 3.79. The third-order valence-electron chi connectivity index (χ3n) is 8.50. The Bertz CT molecular complexity index is 2640. The van der Waals surface area contributed by atoms with E-state index in [1.165, 1.54) is 5.39 Å². The van der Waals surface area contributed by atoms with Gasteiger partial charge in [-0.25, -0.2) is 0 Å². The van der Waals surface area contributed by atoms with Gasteiger partial charge in [-0.15, -0.1) is 0 Å². The second-order valence-electron chi connectivity index (χ2n) is 11.0. The van der Waals surface area contributed by atoms with Gasteiger partial charge in [-0.05, 0) is 90.0 Å². The summed E-state index contributed by atoms with van der Waals surface area (Å²) >= 11 is 0. The highest BCUT2D eigenvalue weighted by molar-refractivity contribution is 6.22. The first-order valence-electron chi connectivity index (χ1n) is 16.4. The first kappa shape index (κ1) is 20.3. The molecule has 0 aliphatic heterocycles. The van der Waals surface area contributed by atoms with Crippen molar-refractivity contribution < 1.29 is 9.90 Å². The highest BCUT2D eigenvalue weighted by atomic mass is 16.3. The van der Waals surface area contributed by atoms with Crippen molar-refractivity contribution in [2.24, 2.45) is 0 Å². The maximum atomic E-state index is 9.22. The van der Waals surface area contributed by atoms with Crippen LogP contribution in [0.3, 0.4) is 0 Å². The fourth-order valence-electron chi connectivity index (χ4n) is 6.51. The van der Waals surface area contributed by atoms with Gasteiger partial charge in [-0.2, -0.15) is 0 Å². The van der Waals surface area contributed by atoms with Crippen molar-refractivity contribution >= 4 is 54.3 Å².